The minimum absolute atomic E-state index is 0.0286. The number of ether oxygens (including phenoxy) is 1. The first-order valence-corrected chi connectivity index (χ1v) is 8.52. The molecular weight excluding hydrogens is 307 g/mol. The van der Waals surface area contributed by atoms with E-state index in [2.05, 4.69) is 0 Å². The summed E-state index contributed by atoms with van der Waals surface area (Å²) in [6, 6.07) is 1.99. The van der Waals surface area contributed by atoms with E-state index in [1.807, 2.05) is 0 Å². The topological polar surface area (TPSA) is 60.4 Å². The SMILES string of the molecule is Cc1cc(S(=O)(=O)Cl)cc(C(=O)OCCC2CC2)c1F. The molecule has 20 heavy (non-hydrogen) atoms. The Bertz CT molecular complexity index is 638. The first-order valence-electron chi connectivity index (χ1n) is 6.21. The number of benzene rings is 1. The average molecular weight is 321 g/mol. The van der Waals surface area contributed by atoms with Gasteiger partial charge in [0.1, 0.15) is 5.82 Å². The monoisotopic (exact) mass is 320 g/mol. The van der Waals surface area contributed by atoms with Gasteiger partial charge in [0.2, 0.25) is 0 Å². The van der Waals surface area contributed by atoms with Crippen molar-refractivity contribution >= 4 is 25.7 Å². The van der Waals surface area contributed by atoms with Crippen molar-refractivity contribution in [3.05, 3.63) is 29.1 Å². The van der Waals surface area contributed by atoms with Gasteiger partial charge in [0.15, 0.2) is 0 Å². The third-order valence-corrected chi connectivity index (χ3v) is 4.52. The highest BCUT2D eigenvalue weighted by molar-refractivity contribution is 8.13. The lowest BCUT2D eigenvalue weighted by molar-refractivity contribution is 0.0489. The predicted octanol–water partition coefficient (Wildman–Crippen LogP) is 3.02. The molecule has 1 aliphatic rings. The second-order valence-corrected chi connectivity index (χ2v) is 7.47. The van der Waals surface area contributed by atoms with E-state index < -0.39 is 26.4 Å². The van der Waals surface area contributed by atoms with Gasteiger partial charge >= 0.3 is 5.97 Å². The van der Waals surface area contributed by atoms with Crippen molar-refractivity contribution in [1.82, 2.24) is 0 Å². The van der Waals surface area contributed by atoms with E-state index in [0.717, 1.165) is 31.4 Å². The summed E-state index contributed by atoms with van der Waals surface area (Å²) in [6.45, 7) is 1.57. The number of carbonyl (C=O) groups is 1. The van der Waals surface area contributed by atoms with Crippen molar-refractivity contribution in [1.29, 1.82) is 0 Å². The summed E-state index contributed by atoms with van der Waals surface area (Å²) in [5.41, 5.74) is -0.374. The molecule has 110 valence electrons. The van der Waals surface area contributed by atoms with Crippen LogP contribution in [0.2, 0.25) is 0 Å². The van der Waals surface area contributed by atoms with E-state index in [9.17, 15) is 17.6 Å². The molecule has 1 saturated carbocycles. The van der Waals surface area contributed by atoms with Crippen molar-refractivity contribution in [2.75, 3.05) is 6.61 Å². The van der Waals surface area contributed by atoms with E-state index in [0.29, 0.717) is 5.92 Å². The highest BCUT2D eigenvalue weighted by atomic mass is 35.7. The summed E-state index contributed by atoms with van der Waals surface area (Å²) < 4.78 is 41.4. The molecule has 4 nitrogen and oxygen atoms in total. The molecule has 0 N–H and O–H groups in total. The molecule has 0 bridgehead atoms. The molecule has 0 atom stereocenters. The van der Waals surface area contributed by atoms with Crippen LogP contribution in [0.1, 0.15) is 35.2 Å². The van der Waals surface area contributed by atoms with Crippen molar-refractivity contribution in [2.45, 2.75) is 31.1 Å². The number of hydrogen-bond donors (Lipinski definition) is 0. The average Bonchev–Trinajstić information content (AvgIpc) is 3.15. The molecular formula is C13H14ClFO4S. The molecule has 1 aromatic rings. The van der Waals surface area contributed by atoms with E-state index in [1.54, 1.807) is 0 Å². The van der Waals surface area contributed by atoms with E-state index in [1.165, 1.54) is 6.92 Å². The van der Waals surface area contributed by atoms with Crippen LogP contribution >= 0.6 is 10.7 Å². The minimum Gasteiger partial charge on any atom is -0.462 e. The molecule has 0 unspecified atom stereocenters. The van der Waals surface area contributed by atoms with Gasteiger partial charge in [-0.2, -0.15) is 0 Å². The summed E-state index contributed by atoms with van der Waals surface area (Å²) in [4.78, 5) is 11.5. The van der Waals surface area contributed by atoms with Crippen LogP contribution in [0.5, 0.6) is 0 Å². The quantitative estimate of drug-likeness (QED) is 0.618. The second-order valence-electron chi connectivity index (χ2n) is 4.91. The van der Waals surface area contributed by atoms with Gasteiger partial charge in [-0.05, 0) is 37.0 Å². The Balaban J connectivity index is 2.20. The molecule has 1 fully saturated rings. The summed E-state index contributed by atoms with van der Waals surface area (Å²) in [5, 5.41) is 0. The lowest BCUT2D eigenvalue weighted by Crippen LogP contribution is -2.11. The standard InChI is InChI=1S/C13H14ClFO4S/c1-8-6-10(20(14,17)18)7-11(12(8)15)13(16)19-5-4-9-2-3-9/h6-7,9H,2-5H2,1H3. The van der Waals surface area contributed by atoms with Gasteiger partial charge in [-0.3, -0.25) is 0 Å². The molecule has 0 aliphatic heterocycles. The molecule has 0 saturated heterocycles. The van der Waals surface area contributed by atoms with Gasteiger partial charge < -0.3 is 4.74 Å². The Kier molecular flexibility index (Phi) is 4.34. The van der Waals surface area contributed by atoms with Crippen molar-refractivity contribution in [3.8, 4) is 0 Å². The first-order chi connectivity index (χ1) is 9.29. The fourth-order valence-electron chi connectivity index (χ4n) is 1.83. The highest BCUT2D eigenvalue weighted by Gasteiger charge is 2.23. The molecule has 1 aromatic carbocycles. The van der Waals surface area contributed by atoms with Crippen molar-refractivity contribution in [3.63, 3.8) is 0 Å². The first kappa shape index (κ1) is 15.3. The summed E-state index contributed by atoms with van der Waals surface area (Å²) in [6.07, 6.45) is 3.01. The zero-order valence-corrected chi connectivity index (χ0v) is 12.4. The van der Waals surface area contributed by atoms with Crippen LogP contribution in [0.4, 0.5) is 4.39 Å². The van der Waals surface area contributed by atoms with Crippen LogP contribution in [-0.2, 0) is 13.8 Å². The summed E-state index contributed by atoms with van der Waals surface area (Å²) >= 11 is 0. The van der Waals surface area contributed by atoms with Gasteiger partial charge in [-0.25, -0.2) is 17.6 Å². The van der Waals surface area contributed by atoms with Gasteiger partial charge in [-0.15, -0.1) is 0 Å². The number of esters is 1. The van der Waals surface area contributed by atoms with E-state index in [4.69, 9.17) is 15.4 Å². The lowest BCUT2D eigenvalue weighted by Gasteiger charge is -2.08. The molecule has 1 aliphatic carbocycles. The van der Waals surface area contributed by atoms with Crippen LogP contribution in [0.15, 0.2) is 17.0 Å². The molecule has 0 heterocycles. The van der Waals surface area contributed by atoms with Crippen LogP contribution in [0, 0.1) is 18.7 Å². The van der Waals surface area contributed by atoms with Gasteiger partial charge in [0.05, 0.1) is 17.1 Å². The summed E-state index contributed by atoms with van der Waals surface area (Å²) in [5.74, 6) is -1.07. The number of carbonyl (C=O) groups excluding carboxylic acids is 1. The Hall–Kier alpha value is -1.14. The highest BCUT2D eigenvalue weighted by Crippen LogP contribution is 2.32. The van der Waals surface area contributed by atoms with Crippen LogP contribution in [-0.4, -0.2) is 21.0 Å². The van der Waals surface area contributed by atoms with Crippen LogP contribution in [0.3, 0.4) is 0 Å². The summed E-state index contributed by atoms with van der Waals surface area (Å²) in [7, 11) is 1.19. The second kappa shape index (κ2) is 5.69. The van der Waals surface area contributed by atoms with Crippen LogP contribution < -0.4 is 0 Å². The number of aryl methyl sites for hydroxylation is 1. The molecule has 0 amide bonds. The zero-order chi connectivity index (χ0) is 14.9. The third kappa shape index (κ3) is 3.70. The Morgan fingerprint density at radius 2 is 2.10 bits per heavy atom. The molecule has 0 radical (unpaired) electrons. The maximum atomic E-state index is 13.9. The van der Waals surface area contributed by atoms with Gasteiger partial charge in [-0.1, -0.05) is 12.8 Å². The predicted molar refractivity (Wildman–Crippen MR) is 71.8 cm³/mol. The van der Waals surface area contributed by atoms with Crippen molar-refractivity contribution < 1.29 is 22.3 Å². The maximum Gasteiger partial charge on any atom is 0.341 e. The van der Waals surface area contributed by atoms with Crippen molar-refractivity contribution in [2.24, 2.45) is 5.92 Å². The fourth-order valence-corrected chi connectivity index (χ4v) is 2.67. The Morgan fingerprint density at radius 3 is 2.65 bits per heavy atom. The van der Waals surface area contributed by atoms with Gasteiger partial charge in [0.25, 0.3) is 9.05 Å². The van der Waals surface area contributed by atoms with E-state index >= 15 is 0 Å². The van der Waals surface area contributed by atoms with Gasteiger partial charge in [0, 0.05) is 10.7 Å². The number of halogens is 2. The molecule has 0 spiro atoms. The molecule has 2 rings (SSSR count). The molecule has 0 aromatic heterocycles. The third-order valence-electron chi connectivity index (χ3n) is 3.19. The lowest BCUT2D eigenvalue weighted by atomic mass is 10.1. The fraction of sp³-hybridized carbons (Fsp3) is 0.462. The van der Waals surface area contributed by atoms with E-state index in [-0.39, 0.29) is 17.1 Å². The van der Waals surface area contributed by atoms with Crippen LogP contribution in [0.25, 0.3) is 0 Å². The Morgan fingerprint density at radius 1 is 1.45 bits per heavy atom. The zero-order valence-electron chi connectivity index (χ0n) is 10.9. The normalized spacial score (nSPS) is 15.2. The molecule has 7 heteroatoms. The maximum absolute atomic E-state index is 13.9. The minimum atomic E-state index is -4.02. The Labute approximate surface area is 121 Å². The number of hydrogen-bond acceptors (Lipinski definition) is 4. The largest absolute Gasteiger partial charge is 0.462 e. The number of rotatable bonds is 5. The smallest absolute Gasteiger partial charge is 0.341 e.